The highest BCUT2D eigenvalue weighted by Gasteiger charge is 2.33. The lowest BCUT2D eigenvalue weighted by Gasteiger charge is -2.34. The molecule has 0 radical (unpaired) electrons. The average molecular weight is 296 g/mol. The molecule has 0 fully saturated rings. The van der Waals surface area contributed by atoms with Gasteiger partial charge in [-0.05, 0) is 38.3 Å². The minimum atomic E-state index is -0.910. The number of rotatable bonds is 5. The highest BCUT2D eigenvalue weighted by Crippen LogP contribution is 2.26. The molecule has 0 bridgehead atoms. The van der Waals surface area contributed by atoms with Crippen molar-refractivity contribution in [3.63, 3.8) is 0 Å². The molecule has 0 spiro atoms. The van der Waals surface area contributed by atoms with Crippen LogP contribution in [0.5, 0.6) is 0 Å². The molecule has 0 aliphatic carbocycles. The summed E-state index contributed by atoms with van der Waals surface area (Å²) >= 11 is 0. The number of nitrogens with one attached hydrogen (secondary N) is 1. The van der Waals surface area contributed by atoms with E-state index in [4.69, 9.17) is 5.73 Å². The Kier molecular flexibility index (Phi) is 4.67. The maximum atomic E-state index is 12.4. The molecule has 2 aromatic carbocycles. The van der Waals surface area contributed by atoms with E-state index < -0.39 is 11.1 Å². The summed E-state index contributed by atoms with van der Waals surface area (Å²) in [6, 6.07) is 20.2. The molecule has 0 aromatic heterocycles. The molecule has 1 unspecified atom stereocenters. The number of amides is 1. The number of benzene rings is 2. The number of carbonyl (C=O) groups excluding carboxylic acids is 1. The van der Waals surface area contributed by atoms with E-state index in [0.717, 1.165) is 5.56 Å². The van der Waals surface area contributed by atoms with Crippen LogP contribution >= 0.6 is 0 Å². The molecule has 0 aliphatic heterocycles. The van der Waals surface area contributed by atoms with Crippen molar-refractivity contribution in [1.29, 1.82) is 0 Å². The lowest BCUT2D eigenvalue weighted by molar-refractivity contribution is -0.127. The van der Waals surface area contributed by atoms with Gasteiger partial charge in [0.2, 0.25) is 5.91 Å². The first-order chi connectivity index (χ1) is 10.3. The minimum Gasteiger partial charge on any atom is -0.345 e. The van der Waals surface area contributed by atoms with Crippen LogP contribution in [-0.2, 0) is 16.8 Å². The third-order valence-electron chi connectivity index (χ3n) is 3.79. The van der Waals surface area contributed by atoms with Gasteiger partial charge in [-0.3, -0.25) is 4.79 Å². The first-order valence-corrected chi connectivity index (χ1v) is 7.52. The zero-order valence-electron chi connectivity index (χ0n) is 13.5. The van der Waals surface area contributed by atoms with Gasteiger partial charge in [-0.25, -0.2) is 0 Å². The zero-order chi connectivity index (χ0) is 16.2. The standard InChI is InChI=1S/C19H24N2O/c1-18(2,20)17(22)21-19(3,16-12-8-5-9-13-16)14-15-10-6-4-7-11-15/h4-13H,14,20H2,1-3H3,(H,21,22). The number of nitrogens with two attached hydrogens (primary N) is 1. The normalized spacial score (nSPS) is 14.2. The maximum absolute atomic E-state index is 12.4. The van der Waals surface area contributed by atoms with E-state index in [2.05, 4.69) is 17.4 Å². The molecule has 116 valence electrons. The molecule has 2 rings (SSSR count). The fourth-order valence-electron chi connectivity index (χ4n) is 2.44. The fraction of sp³-hybridized carbons (Fsp3) is 0.316. The summed E-state index contributed by atoms with van der Waals surface area (Å²) in [5.74, 6) is -0.158. The second kappa shape index (κ2) is 6.32. The van der Waals surface area contributed by atoms with Gasteiger partial charge in [-0.1, -0.05) is 60.7 Å². The third kappa shape index (κ3) is 3.95. The van der Waals surface area contributed by atoms with Crippen molar-refractivity contribution >= 4 is 5.91 Å². The van der Waals surface area contributed by atoms with Crippen molar-refractivity contribution in [3.8, 4) is 0 Å². The summed E-state index contributed by atoms with van der Waals surface area (Å²) in [6.45, 7) is 5.48. The summed E-state index contributed by atoms with van der Waals surface area (Å²) in [7, 11) is 0. The molecule has 3 N–H and O–H groups in total. The number of hydrogen-bond acceptors (Lipinski definition) is 2. The van der Waals surface area contributed by atoms with Crippen LogP contribution in [0, 0.1) is 0 Å². The van der Waals surface area contributed by atoms with E-state index in [-0.39, 0.29) is 5.91 Å². The van der Waals surface area contributed by atoms with Crippen LogP contribution in [0.25, 0.3) is 0 Å². The smallest absolute Gasteiger partial charge is 0.240 e. The lowest BCUT2D eigenvalue weighted by Crippen LogP contribution is -2.56. The Morgan fingerprint density at radius 3 is 1.95 bits per heavy atom. The van der Waals surface area contributed by atoms with E-state index in [9.17, 15) is 4.79 Å². The van der Waals surface area contributed by atoms with Gasteiger partial charge >= 0.3 is 0 Å². The van der Waals surface area contributed by atoms with Gasteiger partial charge in [0, 0.05) is 0 Å². The average Bonchev–Trinajstić information content (AvgIpc) is 2.48. The van der Waals surface area contributed by atoms with Crippen LogP contribution in [0.3, 0.4) is 0 Å². The van der Waals surface area contributed by atoms with E-state index in [1.165, 1.54) is 5.56 Å². The Hall–Kier alpha value is -2.13. The molecule has 3 heteroatoms. The van der Waals surface area contributed by atoms with Crippen LogP contribution < -0.4 is 11.1 Å². The largest absolute Gasteiger partial charge is 0.345 e. The van der Waals surface area contributed by atoms with Crippen molar-refractivity contribution in [2.45, 2.75) is 38.3 Å². The van der Waals surface area contributed by atoms with E-state index in [0.29, 0.717) is 6.42 Å². The van der Waals surface area contributed by atoms with E-state index in [1.807, 2.05) is 55.5 Å². The van der Waals surface area contributed by atoms with Gasteiger partial charge < -0.3 is 11.1 Å². The quantitative estimate of drug-likeness (QED) is 0.891. The highest BCUT2D eigenvalue weighted by molar-refractivity contribution is 5.85. The van der Waals surface area contributed by atoms with Crippen molar-refractivity contribution in [1.82, 2.24) is 5.32 Å². The molecular formula is C19H24N2O. The molecule has 22 heavy (non-hydrogen) atoms. The Bertz CT molecular complexity index is 617. The van der Waals surface area contributed by atoms with E-state index in [1.54, 1.807) is 13.8 Å². The highest BCUT2D eigenvalue weighted by atomic mass is 16.2. The van der Waals surface area contributed by atoms with Crippen molar-refractivity contribution in [3.05, 3.63) is 71.8 Å². The van der Waals surface area contributed by atoms with Gasteiger partial charge in [-0.2, -0.15) is 0 Å². The van der Waals surface area contributed by atoms with Gasteiger partial charge in [0.1, 0.15) is 0 Å². The Labute approximate surface area is 132 Å². The van der Waals surface area contributed by atoms with Gasteiger partial charge in [-0.15, -0.1) is 0 Å². The Balaban J connectivity index is 2.34. The SMILES string of the molecule is CC(C)(N)C(=O)NC(C)(Cc1ccccc1)c1ccccc1. The topological polar surface area (TPSA) is 55.1 Å². The summed E-state index contributed by atoms with van der Waals surface area (Å²) in [4.78, 5) is 12.4. The first kappa shape index (κ1) is 16.2. The van der Waals surface area contributed by atoms with Crippen molar-refractivity contribution < 1.29 is 4.79 Å². The predicted octanol–water partition coefficient (Wildman–Crippen LogP) is 3.00. The van der Waals surface area contributed by atoms with Gasteiger partial charge in [0.15, 0.2) is 0 Å². The summed E-state index contributed by atoms with van der Waals surface area (Å²) in [5, 5.41) is 3.13. The molecule has 3 nitrogen and oxygen atoms in total. The summed E-state index contributed by atoms with van der Waals surface area (Å²) < 4.78 is 0. The maximum Gasteiger partial charge on any atom is 0.240 e. The molecule has 0 heterocycles. The predicted molar refractivity (Wildman–Crippen MR) is 90.3 cm³/mol. The number of carbonyl (C=O) groups is 1. The summed E-state index contributed by atoms with van der Waals surface area (Å²) in [5.41, 5.74) is 6.77. The van der Waals surface area contributed by atoms with Crippen LogP contribution in [0.15, 0.2) is 60.7 Å². The third-order valence-corrected chi connectivity index (χ3v) is 3.79. The monoisotopic (exact) mass is 296 g/mol. The van der Waals surface area contributed by atoms with Crippen molar-refractivity contribution in [2.24, 2.45) is 5.73 Å². The van der Waals surface area contributed by atoms with Crippen LogP contribution in [-0.4, -0.2) is 11.4 Å². The fourth-order valence-corrected chi connectivity index (χ4v) is 2.44. The molecule has 0 saturated heterocycles. The molecule has 2 aromatic rings. The molecule has 0 aliphatic rings. The molecule has 1 atom stereocenters. The zero-order valence-corrected chi connectivity index (χ0v) is 13.5. The molecular weight excluding hydrogens is 272 g/mol. The van der Waals surface area contributed by atoms with Crippen LogP contribution in [0.4, 0.5) is 0 Å². The first-order valence-electron chi connectivity index (χ1n) is 7.52. The molecule has 0 saturated carbocycles. The second-order valence-corrected chi connectivity index (χ2v) is 6.54. The summed E-state index contributed by atoms with van der Waals surface area (Å²) in [6.07, 6.45) is 0.708. The Morgan fingerprint density at radius 1 is 0.955 bits per heavy atom. The van der Waals surface area contributed by atoms with Gasteiger partial charge in [0.05, 0.1) is 11.1 Å². The number of hydrogen-bond donors (Lipinski definition) is 2. The lowest BCUT2D eigenvalue weighted by atomic mass is 9.84. The second-order valence-electron chi connectivity index (χ2n) is 6.54. The van der Waals surface area contributed by atoms with E-state index >= 15 is 0 Å². The van der Waals surface area contributed by atoms with Gasteiger partial charge in [0.25, 0.3) is 0 Å². The van der Waals surface area contributed by atoms with Crippen LogP contribution in [0.2, 0.25) is 0 Å². The van der Waals surface area contributed by atoms with Crippen LogP contribution in [0.1, 0.15) is 31.9 Å². The molecule has 1 amide bonds. The van der Waals surface area contributed by atoms with Crippen molar-refractivity contribution in [2.75, 3.05) is 0 Å². The Morgan fingerprint density at radius 2 is 1.45 bits per heavy atom. The minimum absolute atomic E-state index is 0.158.